The second-order valence-electron chi connectivity index (χ2n) is 6.31. The number of amides is 1. The van der Waals surface area contributed by atoms with Crippen molar-refractivity contribution in [3.63, 3.8) is 0 Å². The third-order valence-electron chi connectivity index (χ3n) is 4.41. The minimum atomic E-state index is -4.22. The van der Waals surface area contributed by atoms with E-state index < -0.39 is 24.0 Å². The van der Waals surface area contributed by atoms with E-state index in [1.165, 1.54) is 36.3 Å². The molecule has 1 unspecified atom stereocenters. The number of halogens is 3. The van der Waals surface area contributed by atoms with Gasteiger partial charge in [-0.25, -0.2) is 0 Å². The lowest BCUT2D eigenvalue weighted by atomic mass is 9.88. The molecule has 138 valence electrons. The van der Waals surface area contributed by atoms with Crippen LogP contribution in [0.5, 0.6) is 0 Å². The molecular formula is C17H20F3NO4. The zero-order chi connectivity index (χ0) is 18.7. The first-order valence-electron chi connectivity index (χ1n) is 7.84. The van der Waals surface area contributed by atoms with Gasteiger partial charge in [0.1, 0.15) is 5.41 Å². The van der Waals surface area contributed by atoms with Gasteiger partial charge in [-0.2, -0.15) is 13.2 Å². The van der Waals surface area contributed by atoms with Gasteiger partial charge < -0.3 is 14.7 Å². The molecule has 0 radical (unpaired) electrons. The predicted molar refractivity (Wildman–Crippen MR) is 83.3 cm³/mol. The van der Waals surface area contributed by atoms with Gasteiger partial charge >= 0.3 is 12.1 Å². The second-order valence-corrected chi connectivity index (χ2v) is 6.31. The number of aliphatic carboxylic acids is 1. The number of aryl methyl sites for hydroxylation is 1. The molecule has 1 saturated heterocycles. The Morgan fingerprint density at radius 1 is 1.28 bits per heavy atom. The number of likely N-dealkylation sites (tertiary alicyclic amines) is 1. The molecular weight excluding hydrogens is 339 g/mol. The smallest absolute Gasteiger partial charge is 0.389 e. The zero-order valence-electron chi connectivity index (χ0n) is 13.8. The summed E-state index contributed by atoms with van der Waals surface area (Å²) in [5.74, 6) is -1.34. The quantitative estimate of drug-likeness (QED) is 0.848. The van der Waals surface area contributed by atoms with Gasteiger partial charge in [-0.05, 0) is 30.5 Å². The summed E-state index contributed by atoms with van der Waals surface area (Å²) in [5, 5.41) is 9.42. The number of carboxylic acids is 1. The molecule has 1 atom stereocenters. The third-order valence-corrected chi connectivity index (χ3v) is 4.41. The zero-order valence-corrected chi connectivity index (χ0v) is 13.8. The molecule has 1 aromatic rings. The molecule has 1 aliphatic rings. The van der Waals surface area contributed by atoms with Crippen LogP contribution in [0.2, 0.25) is 0 Å². The Morgan fingerprint density at radius 3 is 2.44 bits per heavy atom. The maximum Gasteiger partial charge on any atom is 0.389 e. The van der Waals surface area contributed by atoms with Gasteiger partial charge in [0.05, 0.1) is 6.61 Å². The average Bonchev–Trinajstić information content (AvgIpc) is 2.98. The van der Waals surface area contributed by atoms with Crippen LogP contribution in [0.1, 0.15) is 28.8 Å². The highest BCUT2D eigenvalue weighted by molar-refractivity contribution is 5.95. The van der Waals surface area contributed by atoms with E-state index in [0.29, 0.717) is 24.1 Å². The van der Waals surface area contributed by atoms with Crippen LogP contribution < -0.4 is 0 Å². The monoisotopic (exact) mass is 359 g/mol. The fourth-order valence-electron chi connectivity index (χ4n) is 2.96. The number of hydrogen-bond donors (Lipinski definition) is 1. The van der Waals surface area contributed by atoms with Crippen LogP contribution in [-0.2, 0) is 16.0 Å². The SMILES string of the molecule is COCC1(C(=O)O)CCN(C(=O)c2ccc(CCC(F)(F)F)cc2)C1. The number of alkyl halides is 3. The lowest BCUT2D eigenvalue weighted by Gasteiger charge is -2.23. The maximum absolute atomic E-state index is 12.5. The summed E-state index contributed by atoms with van der Waals surface area (Å²) in [6, 6.07) is 5.94. The second kappa shape index (κ2) is 7.43. The van der Waals surface area contributed by atoms with Gasteiger partial charge in [0.15, 0.2) is 0 Å². The van der Waals surface area contributed by atoms with Crippen molar-refractivity contribution in [2.75, 3.05) is 26.8 Å². The molecule has 0 saturated carbocycles. The van der Waals surface area contributed by atoms with E-state index >= 15 is 0 Å². The van der Waals surface area contributed by atoms with Crippen molar-refractivity contribution in [1.82, 2.24) is 4.90 Å². The topological polar surface area (TPSA) is 66.8 Å². The molecule has 0 bridgehead atoms. The van der Waals surface area contributed by atoms with E-state index in [4.69, 9.17) is 4.74 Å². The first-order chi connectivity index (χ1) is 11.7. The molecule has 0 aromatic heterocycles. The largest absolute Gasteiger partial charge is 0.481 e. The summed E-state index contributed by atoms with van der Waals surface area (Å²) in [6.07, 6.45) is -4.97. The van der Waals surface area contributed by atoms with E-state index in [1.54, 1.807) is 0 Å². The molecule has 5 nitrogen and oxygen atoms in total. The van der Waals surface area contributed by atoms with Crippen LogP contribution in [0.3, 0.4) is 0 Å². The van der Waals surface area contributed by atoms with E-state index in [9.17, 15) is 27.9 Å². The molecule has 25 heavy (non-hydrogen) atoms. The lowest BCUT2D eigenvalue weighted by Crippen LogP contribution is -2.40. The molecule has 8 heteroatoms. The fourth-order valence-corrected chi connectivity index (χ4v) is 2.96. The first-order valence-corrected chi connectivity index (χ1v) is 7.84. The fraction of sp³-hybridized carbons (Fsp3) is 0.529. The summed E-state index contributed by atoms with van der Waals surface area (Å²) in [6.45, 7) is 0.359. The van der Waals surface area contributed by atoms with Crippen molar-refractivity contribution in [2.45, 2.75) is 25.4 Å². The van der Waals surface area contributed by atoms with Gasteiger partial charge in [-0.1, -0.05) is 12.1 Å². The summed E-state index contributed by atoms with van der Waals surface area (Å²) >= 11 is 0. The number of carboxylic acid groups (broad SMARTS) is 1. The highest BCUT2D eigenvalue weighted by atomic mass is 19.4. The normalized spacial score (nSPS) is 20.7. The summed E-state index contributed by atoms with van der Waals surface area (Å²) in [7, 11) is 1.41. The number of carbonyl (C=O) groups excluding carboxylic acids is 1. The van der Waals surface area contributed by atoms with Crippen molar-refractivity contribution >= 4 is 11.9 Å². The lowest BCUT2D eigenvalue weighted by molar-refractivity contribution is -0.151. The van der Waals surface area contributed by atoms with Crippen LogP contribution in [0.25, 0.3) is 0 Å². The van der Waals surface area contributed by atoms with E-state index in [0.717, 1.165) is 0 Å². The highest BCUT2D eigenvalue weighted by Gasteiger charge is 2.46. The molecule has 0 spiro atoms. The average molecular weight is 359 g/mol. The van der Waals surface area contributed by atoms with Crippen molar-refractivity contribution in [3.8, 4) is 0 Å². The van der Waals surface area contributed by atoms with Gasteiger partial charge in [-0.3, -0.25) is 9.59 Å². The number of nitrogens with zero attached hydrogens (tertiary/aromatic N) is 1. The Kier molecular flexibility index (Phi) is 5.72. The van der Waals surface area contributed by atoms with Gasteiger partial charge in [0.2, 0.25) is 0 Å². The minimum absolute atomic E-state index is 0.0164. The van der Waals surface area contributed by atoms with Crippen LogP contribution in [0.15, 0.2) is 24.3 Å². The van der Waals surface area contributed by atoms with Gasteiger partial charge in [0.25, 0.3) is 5.91 Å². The molecule has 1 N–H and O–H groups in total. The Morgan fingerprint density at radius 2 is 1.92 bits per heavy atom. The Bertz CT molecular complexity index is 630. The van der Waals surface area contributed by atoms with E-state index in [-0.39, 0.29) is 25.5 Å². The van der Waals surface area contributed by atoms with Crippen molar-refractivity contribution in [2.24, 2.45) is 5.41 Å². The number of rotatable bonds is 6. The molecule has 1 fully saturated rings. The number of ether oxygens (including phenoxy) is 1. The number of hydrogen-bond acceptors (Lipinski definition) is 3. The third kappa shape index (κ3) is 4.72. The Labute approximate surface area is 143 Å². The summed E-state index contributed by atoms with van der Waals surface area (Å²) in [5.41, 5.74) is -0.291. The van der Waals surface area contributed by atoms with E-state index in [1.807, 2.05) is 0 Å². The maximum atomic E-state index is 12.5. The summed E-state index contributed by atoms with van der Waals surface area (Å²) < 4.78 is 41.7. The minimum Gasteiger partial charge on any atom is -0.481 e. The molecule has 1 heterocycles. The van der Waals surface area contributed by atoms with Crippen LogP contribution in [0, 0.1) is 5.41 Å². The van der Waals surface area contributed by atoms with Crippen LogP contribution in [-0.4, -0.2) is 54.9 Å². The Balaban J connectivity index is 2.02. The van der Waals surface area contributed by atoms with Crippen molar-refractivity contribution in [1.29, 1.82) is 0 Å². The molecule has 0 aliphatic carbocycles. The molecule has 1 aromatic carbocycles. The Hall–Kier alpha value is -2.09. The van der Waals surface area contributed by atoms with Crippen LogP contribution in [0.4, 0.5) is 13.2 Å². The highest BCUT2D eigenvalue weighted by Crippen LogP contribution is 2.32. The molecule has 1 aliphatic heterocycles. The van der Waals surface area contributed by atoms with Crippen molar-refractivity contribution < 1.29 is 32.6 Å². The van der Waals surface area contributed by atoms with Gasteiger partial charge in [0, 0.05) is 32.2 Å². The number of carbonyl (C=O) groups is 2. The summed E-state index contributed by atoms with van der Waals surface area (Å²) in [4.78, 5) is 25.5. The van der Waals surface area contributed by atoms with Crippen LogP contribution >= 0.6 is 0 Å². The molecule has 1 amide bonds. The van der Waals surface area contributed by atoms with Gasteiger partial charge in [-0.15, -0.1) is 0 Å². The number of benzene rings is 1. The van der Waals surface area contributed by atoms with Crippen molar-refractivity contribution in [3.05, 3.63) is 35.4 Å². The van der Waals surface area contributed by atoms with E-state index in [2.05, 4.69) is 0 Å². The molecule has 2 rings (SSSR count). The standard InChI is InChI=1S/C17H20F3NO4/c1-25-11-16(15(23)24)8-9-21(10-16)14(22)13-4-2-12(3-5-13)6-7-17(18,19)20/h2-5H,6-11H2,1H3,(H,23,24). The first kappa shape index (κ1) is 19.2. The predicted octanol–water partition coefficient (Wildman–Crippen LogP) is 2.74. The number of methoxy groups -OCH3 is 1.